The zero-order chi connectivity index (χ0) is 19.7. The van der Waals surface area contributed by atoms with Gasteiger partial charge in [-0.25, -0.2) is 19.3 Å². The van der Waals surface area contributed by atoms with Crippen LogP contribution in [0.3, 0.4) is 0 Å². The molecule has 0 radical (unpaired) electrons. The predicted octanol–water partition coefficient (Wildman–Crippen LogP) is 4.59. The highest BCUT2D eigenvalue weighted by Gasteiger charge is 2.17. The van der Waals surface area contributed by atoms with Crippen LogP contribution in [0.25, 0.3) is 22.2 Å². The molecule has 2 aromatic heterocycles. The third-order valence-corrected chi connectivity index (χ3v) is 4.44. The normalized spacial score (nSPS) is 11.3. The Morgan fingerprint density at radius 3 is 2.61 bits per heavy atom. The van der Waals surface area contributed by atoms with Gasteiger partial charge in [0.05, 0.1) is 17.6 Å². The van der Waals surface area contributed by atoms with Crippen LogP contribution in [0, 0.1) is 12.7 Å². The van der Waals surface area contributed by atoms with E-state index in [1.165, 1.54) is 24.5 Å². The first-order valence-electron chi connectivity index (χ1n) is 8.47. The summed E-state index contributed by atoms with van der Waals surface area (Å²) in [5.41, 5.74) is 3.18. The lowest BCUT2D eigenvalue weighted by molar-refractivity contribution is -0.0506. The lowest BCUT2D eigenvalue weighted by atomic mass is 10.1. The first-order chi connectivity index (χ1) is 13.5. The van der Waals surface area contributed by atoms with Gasteiger partial charge in [0.1, 0.15) is 23.7 Å². The zero-order valence-electron chi connectivity index (χ0n) is 14.8. The van der Waals surface area contributed by atoms with Crippen LogP contribution in [0.1, 0.15) is 11.4 Å². The molecule has 142 valence electrons. The standard InChI is InChI=1S/C20H15F3N4O/c1-12-26-17-6-5-13(14-8-24-11-25-9-14)7-18(17)27(12)10-15-16(21)3-2-4-19(15)28-20(22)23/h2-9,11,20H,10H2,1H3. The van der Waals surface area contributed by atoms with Crippen LogP contribution in [-0.4, -0.2) is 26.1 Å². The highest BCUT2D eigenvalue weighted by molar-refractivity contribution is 5.82. The number of benzene rings is 2. The first kappa shape index (κ1) is 18.0. The summed E-state index contributed by atoms with van der Waals surface area (Å²) in [5, 5.41) is 0. The average Bonchev–Trinajstić information content (AvgIpc) is 2.99. The smallest absolute Gasteiger partial charge is 0.387 e. The minimum atomic E-state index is -3.04. The minimum absolute atomic E-state index is 0.00576. The molecule has 0 N–H and O–H groups in total. The zero-order valence-corrected chi connectivity index (χ0v) is 14.8. The van der Waals surface area contributed by atoms with Crippen LogP contribution in [0.5, 0.6) is 5.75 Å². The summed E-state index contributed by atoms with van der Waals surface area (Å²) in [6.07, 6.45) is 4.82. The van der Waals surface area contributed by atoms with Gasteiger partial charge < -0.3 is 9.30 Å². The topological polar surface area (TPSA) is 52.8 Å². The summed E-state index contributed by atoms with van der Waals surface area (Å²) < 4.78 is 46.1. The van der Waals surface area contributed by atoms with Crippen molar-refractivity contribution in [2.45, 2.75) is 20.1 Å². The van der Waals surface area contributed by atoms with Crippen molar-refractivity contribution >= 4 is 11.0 Å². The van der Waals surface area contributed by atoms with E-state index in [9.17, 15) is 13.2 Å². The van der Waals surface area contributed by atoms with Crippen molar-refractivity contribution in [2.24, 2.45) is 0 Å². The van der Waals surface area contributed by atoms with Gasteiger partial charge in [0.2, 0.25) is 0 Å². The Hall–Kier alpha value is -3.42. The molecule has 28 heavy (non-hydrogen) atoms. The van der Waals surface area contributed by atoms with Gasteiger partial charge in [-0.3, -0.25) is 0 Å². The van der Waals surface area contributed by atoms with Crippen molar-refractivity contribution < 1.29 is 17.9 Å². The molecule has 0 aliphatic rings. The maximum atomic E-state index is 14.4. The van der Waals surface area contributed by atoms with Crippen molar-refractivity contribution in [3.8, 4) is 16.9 Å². The SMILES string of the molecule is Cc1nc2ccc(-c3cncnc3)cc2n1Cc1c(F)cccc1OC(F)F. The van der Waals surface area contributed by atoms with Crippen LogP contribution in [0.4, 0.5) is 13.2 Å². The van der Waals surface area contributed by atoms with E-state index in [0.717, 1.165) is 16.6 Å². The maximum Gasteiger partial charge on any atom is 0.387 e. The molecular weight excluding hydrogens is 369 g/mol. The number of hydrogen-bond acceptors (Lipinski definition) is 4. The largest absolute Gasteiger partial charge is 0.434 e. The van der Waals surface area contributed by atoms with Crippen molar-refractivity contribution in [2.75, 3.05) is 0 Å². The van der Waals surface area contributed by atoms with E-state index >= 15 is 0 Å². The highest BCUT2D eigenvalue weighted by Crippen LogP contribution is 2.28. The number of imidazole rings is 1. The monoisotopic (exact) mass is 384 g/mol. The lowest BCUT2D eigenvalue weighted by Gasteiger charge is -2.14. The van der Waals surface area contributed by atoms with Gasteiger partial charge in [-0.2, -0.15) is 8.78 Å². The van der Waals surface area contributed by atoms with Gasteiger partial charge in [-0.05, 0) is 36.8 Å². The summed E-state index contributed by atoms with van der Waals surface area (Å²) in [7, 11) is 0. The molecule has 2 aromatic carbocycles. The summed E-state index contributed by atoms with van der Waals surface area (Å²) in [5.74, 6) is -0.182. The number of rotatable bonds is 5. The summed E-state index contributed by atoms with van der Waals surface area (Å²) >= 11 is 0. The van der Waals surface area contributed by atoms with E-state index in [2.05, 4.69) is 19.7 Å². The summed E-state index contributed by atoms with van der Waals surface area (Å²) in [6.45, 7) is -1.25. The van der Waals surface area contributed by atoms with E-state index in [1.807, 2.05) is 18.2 Å². The first-order valence-corrected chi connectivity index (χ1v) is 8.47. The average molecular weight is 384 g/mol. The number of alkyl halides is 2. The lowest BCUT2D eigenvalue weighted by Crippen LogP contribution is -2.09. The van der Waals surface area contributed by atoms with Crippen molar-refractivity contribution in [1.82, 2.24) is 19.5 Å². The quantitative estimate of drug-likeness (QED) is 0.505. The van der Waals surface area contributed by atoms with Gasteiger partial charge in [-0.15, -0.1) is 0 Å². The fourth-order valence-electron chi connectivity index (χ4n) is 3.13. The molecule has 0 fully saturated rings. The molecule has 0 unspecified atom stereocenters. The molecule has 0 atom stereocenters. The fraction of sp³-hybridized carbons (Fsp3) is 0.150. The number of aromatic nitrogens is 4. The summed E-state index contributed by atoms with van der Waals surface area (Å²) in [4.78, 5) is 12.5. The molecule has 5 nitrogen and oxygen atoms in total. The Kier molecular flexibility index (Phi) is 4.68. The van der Waals surface area contributed by atoms with Crippen LogP contribution < -0.4 is 4.74 Å². The molecule has 0 aliphatic heterocycles. The number of halogens is 3. The van der Waals surface area contributed by atoms with E-state index in [-0.39, 0.29) is 17.9 Å². The predicted molar refractivity (Wildman–Crippen MR) is 97.6 cm³/mol. The molecule has 0 saturated heterocycles. The van der Waals surface area contributed by atoms with Gasteiger partial charge in [0.15, 0.2) is 0 Å². The molecule has 0 bridgehead atoms. The van der Waals surface area contributed by atoms with Crippen molar-refractivity contribution in [1.29, 1.82) is 0 Å². The third-order valence-electron chi connectivity index (χ3n) is 4.44. The molecule has 0 spiro atoms. The van der Waals surface area contributed by atoms with Crippen molar-refractivity contribution in [3.63, 3.8) is 0 Å². The van der Waals surface area contributed by atoms with E-state index in [0.29, 0.717) is 11.3 Å². The Bertz CT molecular complexity index is 1130. The van der Waals surface area contributed by atoms with E-state index in [4.69, 9.17) is 0 Å². The second-order valence-electron chi connectivity index (χ2n) is 6.17. The molecule has 8 heteroatoms. The molecular formula is C20H15F3N4O. The Balaban J connectivity index is 1.81. The maximum absolute atomic E-state index is 14.4. The second-order valence-corrected chi connectivity index (χ2v) is 6.17. The number of hydrogen-bond donors (Lipinski definition) is 0. The molecule has 2 heterocycles. The molecule has 4 aromatic rings. The number of ether oxygens (including phenoxy) is 1. The van der Waals surface area contributed by atoms with Crippen LogP contribution in [-0.2, 0) is 6.54 Å². The van der Waals surface area contributed by atoms with Gasteiger partial charge >= 0.3 is 6.61 Å². The molecule has 0 amide bonds. The van der Waals surface area contributed by atoms with Crippen LogP contribution in [0.15, 0.2) is 55.1 Å². The van der Waals surface area contributed by atoms with Gasteiger partial charge in [0.25, 0.3) is 0 Å². The highest BCUT2D eigenvalue weighted by atomic mass is 19.3. The third kappa shape index (κ3) is 3.40. The number of aryl methyl sites for hydroxylation is 1. The van der Waals surface area contributed by atoms with Gasteiger partial charge in [-0.1, -0.05) is 12.1 Å². The second kappa shape index (κ2) is 7.30. The van der Waals surface area contributed by atoms with Crippen LogP contribution in [0.2, 0.25) is 0 Å². The van der Waals surface area contributed by atoms with Gasteiger partial charge in [0, 0.05) is 23.5 Å². The minimum Gasteiger partial charge on any atom is -0.434 e. The number of nitrogens with zero attached hydrogens (tertiary/aromatic N) is 4. The number of fused-ring (bicyclic) bond motifs is 1. The summed E-state index contributed by atoms with van der Waals surface area (Å²) in [6, 6.07) is 9.51. The van der Waals surface area contributed by atoms with E-state index in [1.54, 1.807) is 23.9 Å². The van der Waals surface area contributed by atoms with E-state index < -0.39 is 12.4 Å². The molecule has 0 aliphatic carbocycles. The Morgan fingerprint density at radius 2 is 1.86 bits per heavy atom. The van der Waals surface area contributed by atoms with Crippen LogP contribution >= 0.6 is 0 Å². The fourth-order valence-corrected chi connectivity index (χ4v) is 3.13. The Morgan fingerprint density at radius 1 is 1.07 bits per heavy atom. The van der Waals surface area contributed by atoms with Crippen molar-refractivity contribution in [3.05, 3.63) is 72.3 Å². The Labute approximate surface area is 158 Å². The molecule has 4 rings (SSSR count). The molecule has 0 saturated carbocycles.